The number of hydrogen-bond acceptors (Lipinski definition) is 3. The van der Waals surface area contributed by atoms with Crippen molar-refractivity contribution in [2.45, 2.75) is 19.0 Å². The Kier molecular flexibility index (Phi) is 10.5. The van der Waals surface area contributed by atoms with Crippen molar-refractivity contribution in [1.82, 2.24) is 14.5 Å². The molecule has 12 rings (SSSR count). The Labute approximate surface area is 396 Å². The molecule has 0 fully saturated rings. The molecular formula is C63H47N5. The second-order valence-electron chi connectivity index (χ2n) is 17.3. The summed E-state index contributed by atoms with van der Waals surface area (Å²) in [7, 11) is 0. The molecule has 1 unspecified atom stereocenters. The summed E-state index contributed by atoms with van der Waals surface area (Å²) in [6.45, 7) is 4.10. The van der Waals surface area contributed by atoms with Gasteiger partial charge in [-0.05, 0) is 89.2 Å². The molecule has 1 atom stereocenters. The zero-order valence-corrected chi connectivity index (χ0v) is 37.5. The Morgan fingerprint density at radius 2 is 1.19 bits per heavy atom. The number of benzene rings is 8. The normalized spacial score (nSPS) is 14.8. The van der Waals surface area contributed by atoms with Crippen LogP contribution in [-0.2, 0) is 6.42 Å². The number of allylic oxidation sites excluding steroid dienone is 5. The summed E-state index contributed by atoms with van der Waals surface area (Å²) in [4.78, 5) is 10.4. The molecule has 324 valence electrons. The number of hydrogen-bond donors (Lipinski definition) is 1. The Morgan fingerprint density at radius 3 is 1.88 bits per heavy atom. The van der Waals surface area contributed by atoms with E-state index >= 15 is 0 Å². The van der Waals surface area contributed by atoms with Crippen LogP contribution in [0.4, 0.5) is 0 Å². The average Bonchev–Trinajstić information content (AvgIpc) is 3.93. The first-order valence-electron chi connectivity index (χ1n) is 23.4. The van der Waals surface area contributed by atoms with Crippen molar-refractivity contribution in [1.29, 1.82) is 0 Å². The highest BCUT2D eigenvalue weighted by Crippen LogP contribution is 2.44. The van der Waals surface area contributed by atoms with Gasteiger partial charge < -0.3 is 14.5 Å². The molecule has 2 aromatic heterocycles. The van der Waals surface area contributed by atoms with Crippen LogP contribution in [0.3, 0.4) is 0 Å². The van der Waals surface area contributed by atoms with Crippen LogP contribution in [0.2, 0.25) is 0 Å². The Balaban J connectivity index is 1.08. The fourth-order valence-electron chi connectivity index (χ4n) is 10.1. The van der Waals surface area contributed by atoms with Crippen LogP contribution >= 0.6 is 0 Å². The van der Waals surface area contributed by atoms with Gasteiger partial charge in [-0.15, -0.1) is 0 Å². The van der Waals surface area contributed by atoms with Gasteiger partial charge >= 0.3 is 0 Å². The highest BCUT2D eigenvalue weighted by molar-refractivity contribution is 6.14. The van der Waals surface area contributed by atoms with Crippen molar-refractivity contribution in [2.75, 3.05) is 0 Å². The molecule has 0 saturated heterocycles. The first-order chi connectivity index (χ1) is 33.7. The predicted octanol–water partition coefficient (Wildman–Crippen LogP) is 15.3. The Bertz CT molecular complexity index is 3640. The monoisotopic (exact) mass is 873 g/mol. The zero-order valence-electron chi connectivity index (χ0n) is 37.5. The van der Waals surface area contributed by atoms with Crippen molar-refractivity contribution in [3.63, 3.8) is 0 Å². The quantitative estimate of drug-likeness (QED) is 0.137. The van der Waals surface area contributed by atoms with Gasteiger partial charge in [-0.25, -0.2) is 9.98 Å². The lowest BCUT2D eigenvalue weighted by Gasteiger charge is -2.25. The smallest absolute Gasteiger partial charge is 0.152 e. The molecule has 0 amide bonds. The molecule has 8 aromatic carbocycles. The van der Waals surface area contributed by atoms with Gasteiger partial charge in [0.05, 0.1) is 22.2 Å². The van der Waals surface area contributed by atoms with Crippen LogP contribution in [0, 0.1) is 0 Å². The second kappa shape index (κ2) is 17.5. The van der Waals surface area contributed by atoms with E-state index in [2.05, 4.69) is 215 Å². The summed E-state index contributed by atoms with van der Waals surface area (Å²) in [5.41, 5.74) is 17.0. The second-order valence-corrected chi connectivity index (χ2v) is 17.3. The minimum Gasteiger partial charge on any atom is -0.344 e. The molecule has 2 aliphatic rings. The van der Waals surface area contributed by atoms with Gasteiger partial charge in [-0.2, -0.15) is 0 Å². The van der Waals surface area contributed by atoms with Gasteiger partial charge in [0.2, 0.25) is 0 Å². The highest BCUT2D eigenvalue weighted by Gasteiger charge is 2.26. The lowest BCUT2D eigenvalue weighted by Crippen LogP contribution is -2.33. The topological polar surface area (TPSA) is 46.6 Å². The molecule has 3 heterocycles. The number of nitrogens with zero attached hydrogens (tertiary/aromatic N) is 4. The third-order valence-corrected chi connectivity index (χ3v) is 13.3. The van der Waals surface area contributed by atoms with Gasteiger partial charge in [-0.1, -0.05) is 195 Å². The minimum atomic E-state index is -0.356. The van der Waals surface area contributed by atoms with E-state index < -0.39 is 0 Å². The van der Waals surface area contributed by atoms with E-state index in [9.17, 15) is 0 Å². The molecule has 5 heteroatoms. The van der Waals surface area contributed by atoms with Gasteiger partial charge in [0.15, 0.2) is 5.84 Å². The maximum atomic E-state index is 5.27. The van der Waals surface area contributed by atoms with E-state index in [0.717, 1.165) is 79.9 Å². The maximum absolute atomic E-state index is 5.27. The van der Waals surface area contributed by atoms with E-state index in [1.54, 1.807) is 0 Å². The van der Waals surface area contributed by atoms with Gasteiger partial charge in [0.25, 0.3) is 0 Å². The minimum absolute atomic E-state index is 0.356. The molecule has 1 aliphatic heterocycles. The number of para-hydroxylation sites is 2. The molecule has 1 aliphatic carbocycles. The number of aliphatic imine (C=N–C) groups is 2. The van der Waals surface area contributed by atoms with E-state index in [1.165, 1.54) is 38.6 Å². The van der Waals surface area contributed by atoms with Crippen LogP contribution in [0.1, 0.15) is 40.5 Å². The highest BCUT2D eigenvalue weighted by atomic mass is 15.2. The molecule has 68 heavy (non-hydrogen) atoms. The predicted molar refractivity (Wildman–Crippen MR) is 286 cm³/mol. The molecule has 0 spiro atoms. The summed E-state index contributed by atoms with van der Waals surface area (Å²) in [6.07, 6.45) is 14.3. The first-order valence-corrected chi connectivity index (χ1v) is 23.4. The SMILES string of the molecule is C=C/C(=C\C=C\C1=NC(c2ccccc2)NC(c2cc(-c3ccccc3)c(-n3c4ccccc4c4cc(-n5c6c(c7ccccc75)C=CCC6)ccc43)c(-c3ccccc3)c2)=N1)c1ccccc1. The van der Waals surface area contributed by atoms with E-state index in [-0.39, 0.29) is 6.17 Å². The summed E-state index contributed by atoms with van der Waals surface area (Å²) in [6, 6.07) is 71.6. The van der Waals surface area contributed by atoms with E-state index in [4.69, 9.17) is 9.98 Å². The molecule has 10 aromatic rings. The third-order valence-electron chi connectivity index (χ3n) is 13.3. The molecule has 0 radical (unpaired) electrons. The lowest BCUT2D eigenvalue weighted by atomic mass is 9.92. The lowest BCUT2D eigenvalue weighted by molar-refractivity contribution is 0.675. The van der Waals surface area contributed by atoms with E-state index in [0.29, 0.717) is 5.84 Å². The van der Waals surface area contributed by atoms with Crippen LogP contribution in [0.5, 0.6) is 0 Å². The van der Waals surface area contributed by atoms with Crippen LogP contribution in [0.15, 0.2) is 247 Å². The van der Waals surface area contributed by atoms with Crippen molar-refractivity contribution < 1.29 is 0 Å². The maximum Gasteiger partial charge on any atom is 0.152 e. The number of fused-ring (bicyclic) bond motifs is 6. The average molecular weight is 874 g/mol. The van der Waals surface area contributed by atoms with Crippen molar-refractivity contribution in [3.05, 3.63) is 265 Å². The van der Waals surface area contributed by atoms with Crippen LogP contribution in [0.25, 0.3) is 78.0 Å². The van der Waals surface area contributed by atoms with Crippen molar-refractivity contribution in [2.24, 2.45) is 9.98 Å². The third kappa shape index (κ3) is 7.31. The Hall–Kier alpha value is -8.80. The van der Waals surface area contributed by atoms with Gasteiger partial charge in [-0.3, -0.25) is 0 Å². The molecule has 5 nitrogen and oxygen atoms in total. The fourth-order valence-corrected chi connectivity index (χ4v) is 10.1. The zero-order chi connectivity index (χ0) is 45.4. The molecule has 0 bridgehead atoms. The summed E-state index contributed by atoms with van der Waals surface area (Å²) in [5, 5.41) is 7.46. The largest absolute Gasteiger partial charge is 0.344 e. The Morgan fingerprint density at radius 1 is 0.588 bits per heavy atom. The molecule has 0 saturated carbocycles. The van der Waals surface area contributed by atoms with Gasteiger partial charge in [0.1, 0.15) is 12.0 Å². The number of rotatable bonds is 10. The van der Waals surface area contributed by atoms with Gasteiger partial charge in [0, 0.05) is 49.8 Å². The standard InChI is InChI=1S/C63H47N5/c1-2-43(44-22-7-3-8-23-44)30-21-37-60-64-62(47-28-13-6-14-29-47)66-63(65-60)48-40-53(45-24-9-4-10-25-45)61(54(41-48)46-26-11-5-12-27-46)68-58-36-20-17-33-52(58)55-42-49(38-39-59(55)68)67-56-34-18-15-31-50(56)51-32-16-19-35-57(51)67/h2-18,20-34,36-42,62H,1,19,35H2,(H,64,65,66)/b37-21+,43-30+. The summed E-state index contributed by atoms with van der Waals surface area (Å²) >= 11 is 0. The molecule has 1 N–H and O–H groups in total. The summed E-state index contributed by atoms with van der Waals surface area (Å²) < 4.78 is 4.98. The number of amidine groups is 2. The first kappa shape index (κ1) is 40.7. The van der Waals surface area contributed by atoms with Crippen molar-refractivity contribution in [3.8, 4) is 33.6 Å². The van der Waals surface area contributed by atoms with Crippen molar-refractivity contribution >= 4 is 56.0 Å². The number of nitrogens with one attached hydrogen (secondary N) is 1. The summed E-state index contributed by atoms with van der Waals surface area (Å²) in [5.74, 6) is 1.37. The van der Waals surface area contributed by atoms with Crippen LogP contribution in [-0.4, -0.2) is 20.8 Å². The molecular weight excluding hydrogens is 827 g/mol. The van der Waals surface area contributed by atoms with E-state index in [1.807, 2.05) is 42.5 Å². The fraction of sp³-hybridized carbons (Fsp3) is 0.0476. The van der Waals surface area contributed by atoms with Crippen LogP contribution < -0.4 is 5.32 Å². The number of aromatic nitrogens is 2.